The van der Waals surface area contributed by atoms with Crippen molar-refractivity contribution in [3.8, 4) is 0 Å². The molecular weight excluding hydrogens is 274 g/mol. The third-order valence-corrected chi connectivity index (χ3v) is 3.02. The van der Waals surface area contributed by atoms with Crippen LogP contribution in [0.3, 0.4) is 0 Å². The highest BCUT2D eigenvalue weighted by atomic mass is 19.1. The minimum atomic E-state index is -0.683. The molecule has 2 rings (SSSR count). The summed E-state index contributed by atoms with van der Waals surface area (Å²) in [5.41, 5.74) is 0.799. The molecule has 0 radical (unpaired) electrons. The first-order valence-corrected chi connectivity index (χ1v) is 6.38. The summed E-state index contributed by atoms with van der Waals surface area (Å²) in [6, 6.07) is 12.7. The van der Waals surface area contributed by atoms with Gasteiger partial charge in [0.2, 0.25) is 0 Å². The van der Waals surface area contributed by atoms with Gasteiger partial charge in [0.25, 0.3) is 0 Å². The number of esters is 1. The van der Waals surface area contributed by atoms with Crippen molar-refractivity contribution in [1.29, 1.82) is 0 Å². The number of hydrogen-bond donors (Lipinski definition) is 0. The Labute approximate surface area is 121 Å². The van der Waals surface area contributed by atoms with Gasteiger partial charge in [-0.05, 0) is 23.8 Å². The van der Waals surface area contributed by atoms with E-state index in [-0.39, 0.29) is 17.6 Å². The third kappa shape index (κ3) is 3.75. The summed E-state index contributed by atoms with van der Waals surface area (Å²) in [5.74, 6) is -1.97. The molecule has 0 amide bonds. The molecule has 2 aromatic rings. The van der Waals surface area contributed by atoms with E-state index in [9.17, 15) is 13.6 Å². The Balaban J connectivity index is 2.38. The average Bonchev–Trinajstić information content (AvgIpc) is 2.50. The fourth-order valence-electron chi connectivity index (χ4n) is 1.96. The van der Waals surface area contributed by atoms with Crippen molar-refractivity contribution in [2.24, 2.45) is 0 Å². The number of carbonyl (C=O) groups excluding carboxylic acids is 1. The number of ether oxygens (including phenoxy) is 1. The first-order valence-electron chi connectivity index (χ1n) is 6.38. The number of carbonyl (C=O) groups is 1. The minimum Gasteiger partial charge on any atom is -0.466 e. The SMILES string of the molecule is COC(=O)/C(=C/c1ccccc1)Cc1c(F)cccc1F. The van der Waals surface area contributed by atoms with E-state index in [2.05, 4.69) is 4.74 Å². The predicted molar refractivity (Wildman–Crippen MR) is 76.5 cm³/mol. The second-order valence-electron chi connectivity index (χ2n) is 4.45. The third-order valence-electron chi connectivity index (χ3n) is 3.02. The normalized spacial score (nSPS) is 11.3. The van der Waals surface area contributed by atoms with Crippen molar-refractivity contribution >= 4 is 12.0 Å². The molecule has 4 heteroatoms. The molecule has 0 fully saturated rings. The molecule has 0 saturated heterocycles. The fraction of sp³-hybridized carbons (Fsp3) is 0.118. The van der Waals surface area contributed by atoms with Crippen LogP contribution in [0.1, 0.15) is 11.1 Å². The smallest absolute Gasteiger partial charge is 0.334 e. The summed E-state index contributed by atoms with van der Waals surface area (Å²) in [4.78, 5) is 11.8. The maximum absolute atomic E-state index is 13.7. The van der Waals surface area contributed by atoms with Gasteiger partial charge < -0.3 is 4.74 Å². The van der Waals surface area contributed by atoms with E-state index in [0.717, 1.165) is 17.7 Å². The molecule has 0 saturated carbocycles. The van der Waals surface area contributed by atoms with Crippen LogP contribution in [0.15, 0.2) is 54.1 Å². The quantitative estimate of drug-likeness (QED) is 0.632. The van der Waals surface area contributed by atoms with Gasteiger partial charge in [-0.15, -0.1) is 0 Å². The van der Waals surface area contributed by atoms with Gasteiger partial charge in [-0.2, -0.15) is 0 Å². The Morgan fingerprint density at radius 1 is 1.05 bits per heavy atom. The van der Waals surface area contributed by atoms with Gasteiger partial charge in [0.1, 0.15) is 11.6 Å². The molecular formula is C17H14F2O2. The van der Waals surface area contributed by atoms with Gasteiger partial charge in [0.15, 0.2) is 0 Å². The number of benzene rings is 2. The van der Waals surface area contributed by atoms with Crippen molar-refractivity contribution in [3.63, 3.8) is 0 Å². The van der Waals surface area contributed by atoms with Gasteiger partial charge in [0, 0.05) is 17.6 Å². The number of methoxy groups -OCH3 is 1. The van der Waals surface area contributed by atoms with E-state index in [1.165, 1.54) is 13.2 Å². The standard InChI is InChI=1S/C17H14F2O2/c1-21-17(20)13(10-12-6-3-2-4-7-12)11-14-15(18)8-5-9-16(14)19/h2-10H,11H2,1H3/b13-10+. The van der Waals surface area contributed by atoms with Gasteiger partial charge >= 0.3 is 5.97 Å². The van der Waals surface area contributed by atoms with E-state index in [1.54, 1.807) is 18.2 Å². The van der Waals surface area contributed by atoms with Crippen LogP contribution < -0.4 is 0 Å². The highest BCUT2D eigenvalue weighted by molar-refractivity contribution is 5.94. The molecule has 108 valence electrons. The summed E-state index contributed by atoms with van der Waals surface area (Å²) in [5, 5.41) is 0. The summed E-state index contributed by atoms with van der Waals surface area (Å²) >= 11 is 0. The van der Waals surface area contributed by atoms with Gasteiger partial charge in [-0.3, -0.25) is 0 Å². The minimum absolute atomic E-state index is 0.148. The molecule has 0 aliphatic heterocycles. The van der Waals surface area contributed by atoms with Crippen LogP contribution in [0.25, 0.3) is 6.08 Å². The maximum Gasteiger partial charge on any atom is 0.334 e. The molecule has 2 nitrogen and oxygen atoms in total. The lowest BCUT2D eigenvalue weighted by Crippen LogP contribution is -2.09. The van der Waals surface area contributed by atoms with Crippen molar-refractivity contribution in [3.05, 3.63) is 76.9 Å². The van der Waals surface area contributed by atoms with Crippen LogP contribution in [-0.2, 0) is 16.0 Å². The Hall–Kier alpha value is -2.49. The fourth-order valence-corrected chi connectivity index (χ4v) is 1.96. The largest absolute Gasteiger partial charge is 0.466 e. The van der Waals surface area contributed by atoms with Crippen LogP contribution in [0, 0.1) is 11.6 Å². The molecule has 21 heavy (non-hydrogen) atoms. The topological polar surface area (TPSA) is 26.3 Å². The van der Waals surface area contributed by atoms with Crippen LogP contribution >= 0.6 is 0 Å². The molecule has 0 unspecified atom stereocenters. The van der Waals surface area contributed by atoms with Crippen LogP contribution in [0.2, 0.25) is 0 Å². The summed E-state index contributed by atoms with van der Waals surface area (Å²) < 4.78 is 32.1. The summed E-state index contributed by atoms with van der Waals surface area (Å²) in [6.45, 7) is 0. The van der Waals surface area contributed by atoms with E-state index in [1.807, 2.05) is 18.2 Å². The van der Waals surface area contributed by atoms with Crippen molar-refractivity contribution in [2.45, 2.75) is 6.42 Å². The first-order chi connectivity index (χ1) is 10.1. The molecule has 0 heterocycles. The number of rotatable bonds is 4. The van der Waals surface area contributed by atoms with E-state index in [4.69, 9.17) is 0 Å². The lowest BCUT2D eigenvalue weighted by molar-refractivity contribution is -0.136. The zero-order valence-corrected chi connectivity index (χ0v) is 11.5. The van der Waals surface area contributed by atoms with Gasteiger partial charge in [0.05, 0.1) is 7.11 Å². The van der Waals surface area contributed by atoms with Gasteiger partial charge in [-0.25, -0.2) is 13.6 Å². The lowest BCUT2D eigenvalue weighted by atomic mass is 10.0. The zero-order valence-electron chi connectivity index (χ0n) is 11.5. The van der Waals surface area contributed by atoms with E-state index >= 15 is 0 Å². The van der Waals surface area contributed by atoms with Crippen molar-refractivity contribution in [2.75, 3.05) is 7.11 Å². The lowest BCUT2D eigenvalue weighted by Gasteiger charge is -2.08. The van der Waals surface area contributed by atoms with E-state index in [0.29, 0.717) is 0 Å². The molecule has 0 N–H and O–H groups in total. The number of halogens is 2. The molecule has 0 aliphatic carbocycles. The average molecular weight is 288 g/mol. The molecule has 2 aromatic carbocycles. The highest BCUT2D eigenvalue weighted by Crippen LogP contribution is 2.19. The van der Waals surface area contributed by atoms with Gasteiger partial charge in [-0.1, -0.05) is 36.4 Å². The molecule has 0 aromatic heterocycles. The monoisotopic (exact) mass is 288 g/mol. The second-order valence-corrected chi connectivity index (χ2v) is 4.45. The molecule has 0 spiro atoms. The van der Waals surface area contributed by atoms with Crippen molar-refractivity contribution in [1.82, 2.24) is 0 Å². The van der Waals surface area contributed by atoms with Crippen molar-refractivity contribution < 1.29 is 18.3 Å². The molecule has 0 bridgehead atoms. The summed E-state index contributed by atoms with van der Waals surface area (Å²) in [6.07, 6.45) is 1.40. The highest BCUT2D eigenvalue weighted by Gasteiger charge is 2.16. The number of hydrogen-bond acceptors (Lipinski definition) is 2. The Bertz CT molecular complexity index is 643. The Kier molecular flexibility index (Phi) is 4.82. The van der Waals surface area contributed by atoms with Crippen LogP contribution in [-0.4, -0.2) is 13.1 Å². The Morgan fingerprint density at radius 2 is 1.67 bits per heavy atom. The molecule has 0 atom stereocenters. The summed E-state index contributed by atoms with van der Waals surface area (Å²) in [7, 11) is 1.23. The Morgan fingerprint density at radius 3 is 2.24 bits per heavy atom. The maximum atomic E-state index is 13.7. The predicted octanol–water partition coefficient (Wildman–Crippen LogP) is 3.76. The molecule has 0 aliphatic rings. The first kappa shape index (κ1) is 14.9. The van der Waals surface area contributed by atoms with Crippen LogP contribution in [0.5, 0.6) is 0 Å². The van der Waals surface area contributed by atoms with Crippen LogP contribution in [0.4, 0.5) is 8.78 Å². The second kappa shape index (κ2) is 6.79. The zero-order chi connectivity index (χ0) is 15.2. The van der Waals surface area contributed by atoms with E-state index < -0.39 is 17.6 Å².